The summed E-state index contributed by atoms with van der Waals surface area (Å²) < 4.78 is 0. The minimum absolute atomic E-state index is 0.602. The molecule has 1 heterocycles. The predicted molar refractivity (Wildman–Crippen MR) is 83.9 cm³/mol. The van der Waals surface area contributed by atoms with E-state index in [1.165, 1.54) is 18.4 Å². The molecule has 0 saturated carbocycles. The molecule has 0 unspecified atom stereocenters. The van der Waals surface area contributed by atoms with E-state index in [2.05, 4.69) is 39.0 Å². The molecule has 1 aromatic heterocycles. The van der Waals surface area contributed by atoms with Gasteiger partial charge in [-0.15, -0.1) is 0 Å². The molecule has 0 aliphatic rings. The van der Waals surface area contributed by atoms with E-state index < -0.39 is 0 Å². The average Bonchev–Trinajstić information content (AvgIpc) is 2.36. The number of hydrogen-bond acceptors (Lipinski definition) is 1. The molecule has 0 spiro atoms. The van der Waals surface area contributed by atoms with E-state index in [1.807, 2.05) is 6.07 Å². The first-order valence-corrected chi connectivity index (χ1v) is 7.56. The van der Waals surface area contributed by atoms with Crippen molar-refractivity contribution in [2.24, 2.45) is 5.92 Å². The molecular formula is C17H22ClN. The fourth-order valence-corrected chi connectivity index (χ4v) is 2.62. The Bertz CT molecular complexity index is 560. The van der Waals surface area contributed by atoms with Crippen molar-refractivity contribution in [1.82, 2.24) is 4.98 Å². The van der Waals surface area contributed by atoms with E-state index in [4.69, 9.17) is 16.6 Å². The molecule has 2 rings (SSSR count). The van der Waals surface area contributed by atoms with Crippen LogP contribution in [0.5, 0.6) is 0 Å². The summed E-state index contributed by atoms with van der Waals surface area (Å²) in [7, 11) is 0. The third kappa shape index (κ3) is 3.70. The zero-order chi connectivity index (χ0) is 13.8. The van der Waals surface area contributed by atoms with Crippen LogP contribution in [0.2, 0.25) is 5.02 Å². The van der Waals surface area contributed by atoms with Crippen molar-refractivity contribution in [1.29, 1.82) is 0 Å². The SMILES string of the molecule is CCCCc1ccc2nc(CC(C)C)cc(Cl)c2c1. The van der Waals surface area contributed by atoms with Gasteiger partial charge in [0.15, 0.2) is 0 Å². The van der Waals surface area contributed by atoms with Crippen LogP contribution in [0.3, 0.4) is 0 Å². The van der Waals surface area contributed by atoms with Crippen LogP contribution < -0.4 is 0 Å². The topological polar surface area (TPSA) is 12.9 Å². The molecule has 1 aromatic carbocycles. The van der Waals surface area contributed by atoms with Crippen LogP contribution in [0, 0.1) is 5.92 Å². The number of hydrogen-bond donors (Lipinski definition) is 0. The monoisotopic (exact) mass is 275 g/mol. The summed E-state index contributed by atoms with van der Waals surface area (Å²) in [5.41, 5.74) is 3.46. The molecule has 2 aromatic rings. The number of halogens is 1. The number of rotatable bonds is 5. The fraction of sp³-hybridized carbons (Fsp3) is 0.471. The third-order valence-electron chi connectivity index (χ3n) is 3.31. The van der Waals surface area contributed by atoms with E-state index in [1.54, 1.807) is 0 Å². The fourth-order valence-electron chi connectivity index (χ4n) is 2.34. The molecule has 2 heteroatoms. The number of benzene rings is 1. The lowest BCUT2D eigenvalue weighted by molar-refractivity contribution is 0.637. The van der Waals surface area contributed by atoms with Gasteiger partial charge < -0.3 is 0 Å². The lowest BCUT2D eigenvalue weighted by Gasteiger charge is -2.09. The standard InChI is InChI=1S/C17H22ClN/c1-4-5-6-13-7-8-17-15(10-13)16(18)11-14(19-17)9-12(2)3/h7-8,10-12H,4-6,9H2,1-3H3. The molecule has 0 fully saturated rings. The molecule has 0 amide bonds. The lowest BCUT2D eigenvalue weighted by Crippen LogP contribution is -1.98. The largest absolute Gasteiger partial charge is 0.253 e. The summed E-state index contributed by atoms with van der Waals surface area (Å²) in [6.07, 6.45) is 4.54. The second kappa shape index (κ2) is 6.38. The summed E-state index contributed by atoms with van der Waals surface area (Å²) in [4.78, 5) is 4.71. The minimum Gasteiger partial charge on any atom is -0.253 e. The van der Waals surface area contributed by atoms with Crippen molar-refractivity contribution in [2.75, 3.05) is 0 Å². The van der Waals surface area contributed by atoms with Crippen LogP contribution in [0.1, 0.15) is 44.9 Å². The van der Waals surface area contributed by atoms with Crippen LogP contribution in [-0.4, -0.2) is 4.98 Å². The predicted octanol–water partition coefficient (Wildman–Crippen LogP) is 5.43. The summed E-state index contributed by atoms with van der Waals surface area (Å²) in [6, 6.07) is 8.50. The van der Waals surface area contributed by atoms with Crippen molar-refractivity contribution < 1.29 is 0 Å². The summed E-state index contributed by atoms with van der Waals surface area (Å²) in [6.45, 7) is 6.62. The van der Waals surface area contributed by atoms with Crippen molar-refractivity contribution in [2.45, 2.75) is 46.5 Å². The Morgan fingerprint density at radius 1 is 1.21 bits per heavy atom. The van der Waals surface area contributed by atoms with Gasteiger partial charge in [0.25, 0.3) is 0 Å². The molecule has 1 nitrogen and oxygen atoms in total. The molecule has 0 aliphatic heterocycles. The highest BCUT2D eigenvalue weighted by atomic mass is 35.5. The number of nitrogens with zero attached hydrogens (tertiary/aromatic N) is 1. The zero-order valence-corrected chi connectivity index (χ0v) is 12.8. The van der Waals surface area contributed by atoms with Gasteiger partial charge >= 0.3 is 0 Å². The van der Waals surface area contributed by atoms with Gasteiger partial charge in [-0.3, -0.25) is 4.98 Å². The van der Waals surface area contributed by atoms with E-state index >= 15 is 0 Å². The first-order valence-electron chi connectivity index (χ1n) is 7.18. The van der Waals surface area contributed by atoms with E-state index in [0.29, 0.717) is 5.92 Å². The van der Waals surface area contributed by atoms with Gasteiger partial charge in [0.1, 0.15) is 0 Å². The number of pyridine rings is 1. The van der Waals surface area contributed by atoms with Gasteiger partial charge in [-0.25, -0.2) is 0 Å². The number of aryl methyl sites for hydroxylation is 1. The molecule has 102 valence electrons. The number of aromatic nitrogens is 1. The summed E-state index contributed by atoms with van der Waals surface area (Å²) >= 11 is 6.41. The Hall–Kier alpha value is -1.08. The molecule has 0 radical (unpaired) electrons. The Morgan fingerprint density at radius 3 is 2.68 bits per heavy atom. The van der Waals surface area contributed by atoms with Crippen LogP contribution >= 0.6 is 11.6 Å². The summed E-state index contributed by atoms with van der Waals surface area (Å²) in [5.74, 6) is 0.602. The second-order valence-electron chi connectivity index (χ2n) is 5.65. The molecular weight excluding hydrogens is 254 g/mol. The Labute approximate surface area is 121 Å². The van der Waals surface area contributed by atoms with Crippen LogP contribution in [0.4, 0.5) is 0 Å². The van der Waals surface area contributed by atoms with E-state index in [0.717, 1.165) is 34.5 Å². The smallest absolute Gasteiger partial charge is 0.0720 e. The molecule has 19 heavy (non-hydrogen) atoms. The Morgan fingerprint density at radius 2 is 2.00 bits per heavy atom. The third-order valence-corrected chi connectivity index (χ3v) is 3.62. The quantitative estimate of drug-likeness (QED) is 0.709. The second-order valence-corrected chi connectivity index (χ2v) is 6.06. The Balaban J connectivity index is 2.36. The van der Waals surface area contributed by atoms with E-state index in [9.17, 15) is 0 Å². The van der Waals surface area contributed by atoms with Gasteiger partial charge in [0, 0.05) is 11.1 Å². The lowest BCUT2D eigenvalue weighted by atomic mass is 10.0. The average molecular weight is 276 g/mol. The molecule has 0 aliphatic carbocycles. The van der Waals surface area contributed by atoms with Crippen molar-refractivity contribution >= 4 is 22.5 Å². The highest BCUT2D eigenvalue weighted by Gasteiger charge is 2.07. The van der Waals surface area contributed by atoms with Crippen LogP contribution in [-0.2, 0) is 12.8 Å². The Kier molecular flexibility index (Phi) is 4.81. The molecule has 0 bridgehead atoms. The normalized spacial score (nSPS) is 11.4. The first kappa shape index (κ1) is 14.3. The van der Waals surface area contributed by atoms with Crippen molar-refractivity contribution in [3.8, 4) is 0 Å². The van der Waals surface area contributed by atoms with Crippen molar-refractivity contribution in [3.05, 3.63) is 40.5 Å². The van der Waals surface area contributed by atoms with Crippen molar-refractivity contribution in [3.63, 3.8) is 0 Å². The highest BCUT2D eigenvalue weighted by molar-refractivity contribution is 6.35. The molecule has 0 N–H and O–H groups in total. The van der Waals surface area contributed by atoms with Gasteiger partial charge in [0.2, 0.25) is 0 Å². The van der Waals surface area contributed by atoms with Crippen LogP contribution in [0.25, 0.3) is 10.9 Å². The maximum atomic E-state index is 6.41. The highest BCUT2D eigenvalue weighted by Crippen LogP contribution is 2.25. The van der Waals surface area contributed by atoms with Gasteiger partial charge in [-0.05, 0) is 48.9 Å². The van der Waals surface area contributed by atoms with Gasteiger partial charge in [-0.1, -0.05) is 44.9 Å². The first-order chi connectivity index (χ1) is 9.10. The zero-order valence-electron chi connectivity index (χ0n) is 12.0. The maximum Gasteiger partial charge on any atom is 0.0720 e. The van der Waals surface area contributed by atoms with E-state index in [-0.39, 0.29) is 0 Å². The van der Waals surface area contributed by atoms with Gasteiger partial charge in [0.05, 0.1) is 10.5 Å². The molecule has 0 atom stereocenters. The van der Waals surface area contributed by atoms with Gasteiger partial charge in [-0.2, -0.15) is 0 Å². The van der Waals surface area contributed by atoms with Crippen LogP contribution in [0.15, 0.2) is 24.3 Å². The molecule has 0 saturated heterocycles. The number of unbranched alkanes of at least 4 members (excludes halogenated alkanes) is 1. The minimum atomic E-state index is 0.602. The summed E-state index contributed by atoms with van der Waals surface area (Å²) in [5, 5.41) is 1.92. The maximum absolute atomic E-state index is 6.41. The number of fused-ring (bicyclic) bond motifs is 1.